The van der Waals surface area contributed by atoms with E-state index in [-0.39, 0.29) is 6.04 Å². The quantitative estimate of drug-likeness (QED) is 0.842. The maximum Gasteiger partial charge on any atom is 0.239 e. The highest BCUT2D eigenvalue weighted by Gasteiger charge is 2.48. The number of amides is 1. The molecular formula is C16H26N2O. The molecule has 4 saturated carbocycles. The van der Waals surface area contributed by atoms with Gasteiger partial charge in [-0.25, -0.2) is 0 Å². The van der Waals surface area contributed by atoms with Crippen molar-refractivity contribution in [3.8, 4) is 0 Å². The average Bonchev–Trinajstić information content (AvgIpc) is 2.69. The van der Waals surface area contributed by atoms with Crippen LogP contribution in [0.5, 0.6) is 0 Å². The van der Waals surface area contributed by atoms with Gasteiger partial charge in [-0.2, -0.15) is 0 Å². The van der Waals surface area contributed by atoms with Crippen molar-refractivity contribution in [3.63, 3.8) is 0 Å². The summed E-state index contributed by atoms with van der Waals surface area (Å²) in [5, 5.41) is 3.60. The van der Waals surface area contributed by atoms with E-state index >= 15 is 0 Å². The fraction of sp³-hybridized carbons (Fsp3) is 0.938. The number of likely N-dealkylation sites (tertiary alicyclic amines) is 1. The summed E-state index contributed by atoms with van der Waals surface area (Å²) in [5.74, 6) is 5.22. The summed E-state index contributed by atoms with van der Waals surface area (Å²) in [7, 11) is 1.92. The molecule has 3 heteroatoms. The summed E-state index contributed by atoms with van der Waals surface area (Å²) in [4.78, 5) is 13.8. The van der Waals surface area contributed by atoms with Crippen LogP contribution >= 0.6 is 0 Å². The Balaban J connectivity index is 1.37. The van der Waals surface area contributed by atoms with Crippen molar-refractivity contribution in [2.75, 3.05) is 20.1 Å². The number of carbonyl (C=O) groups is 1. The van der Waals surface area contributed by atoms with E-state index in [1.807, 2.05) is 11.9 Å². The van der Waals surface area contributed by atoms with Crippen LogP contribution in [0.1, 0.15) is 38.5 Å². The Hall–Kier alpha value is -0.570. The second-order valence-corrected chi connectivity index (χ2v) is 7.60. The first-order chi connectivity index (χ1) is 9.20. The molecule has 1 heterocycles. The molecule has 106 valence electrons. The van der Waals surface area contributed by atoms with Gasteiger partial charge >= 0.3 is 0 Å². The average molecular weight is 262 g/mol. The smallest absolute Gasteiger partial charge is 0.239 e. The molecule has 1 aliphatic heterocycles. The predicted octanol–water partition coefficient (Wildman–Crippen LogP) is 1.88. The first-order valence-corrected chi connectivity index (χ1v) is 8.19. The lowest BCUT2D eigenvalue weighted by molar-refractivity contribution is -0.128. The van der Waals surface area contributed by atoms with Gasteiger partial charge in [-0.3, -0.25) is 4.79 Å². The van der Waals surface area contributed by atoms with Gasteiger partial charge in [-0.05, 0) is 74.7 Å². The van der Waals surface area contributed by atoms with Crippen LogP contribution in [-0.2, 0) is 4.79 Å². The lowest BCUT2D eigenvalue weighted by atomic mass is 9.52. The van der Waals surface area contributed by atoms with Crippen molar-refractivity contribution in [1.29, 1.82) is 0 Å². The van der Waals surface area contributed by atoms with E-state index in [1.54, 1.807) is 0 Å². The monoisotopic (exact) mass is 262 g/mol. The van der Waals surface area contributed by atoms with E-state index in [9.17, 15) is 4.79 Å². The van der Waals surface area contributed by atoms with Crippen LogP contribution in [0.2, 0.25) is 0 Å². The third-order valence-electron chi connectivity index (χ3n) is 6.45. The Morgan fingerprint density at radius 3 is 2.26 bits per heavy atom. The molecule has 0 spiro atoms. The normalized spacial score (nSPS) is 48.3. The van der Waals surface area contributed by atoms with Crippen LogP contribution in [0.4, 0.5) is 0 Å². The Kier molecular flexibility index (Phi) is 2.87. The molecule has 4 aliphatic carbocycles. The molecule has 5 aliphatic rings. The van der Waals surface area contributed by atoms with Gasteiger partial charge in [0.15, 0.2) is 0 Å². The summed E-state index contributed by atoms with van der Waals surface area (Å²) in [5.41, 5.74) is 0. The minimum absolute atomic E-state index is 0.113. The largest absolute Gasteiger partial charge is 0.344 e. The molecule has 19 heavy (non-hydrogen) atoms. The van der Waals surface area contributed by atoms with Crippen LogP contribution in [0.25, 0.3) is 0 Å². The molecule has 1 saturated heterocycles. The van der Waals surface area contributed by atoms with E-state index < -0.39 is 0 Å². The van der Waals surface area contributed by atoms with Crippen molar-refractivity contribution in [3.05, 3.63) is 0 Å². The standard InChI is InChI=1S/C16H26N2O/c1-18-3-2-15(16(18)19)17-9-14-12-5-10-4-11(7-12)8-13(14)6-10/h10-15,17H,2-9H2,1H3. The zero-order valence-electron chi connectivity index (χ0n) is 12.0. The molecule has 0 radical (unpaired) electrons. The first-order valence-electron chi connectivity index (χ1n) is 8.19. The summed E-state index contributed by atoms with van der Waals surface area (Å²) < 4.78 is 0. The van der Waals surface area contributed by atoms with Crippen molar-refractivity contribution < 1.29 is 4.79 Å². The van der Waals surface area contributed by atoms with Crippen LogP contribution in [0.15, 0.2) is 0 Å². The van der Waals surface area contributed by atoms with Gasteiger partial charge in [0, 0.05) is 13.6 Å². The summed E-state index contributed by atoms with van der Waals surface area (Å²) in [6.45, 7) is 2.02. The van der Waals surface area contributed by atoms with E-state index in [0.29, 0.717) is 5.91 Å². The third-order valence-corrected chi connectivity index (χ3v) is 6.45. The molecule has 0 aromatic carbocycles. The van der Waals surface area contributed by atoms with Gasteiger partial charge in [-0.15, -0.1) is 0 Å². The Bertz CT molecular complexity index is 353. The fourth-order valence-corrected chi connectivity index (χ4v) is 5.66. The van der Waals surface area contributed by atoms with Gasteiger partial charge < -0.3 is 10.2 Å². The number of nitrogens with zero attached hydrogens (tertiary/aromatic N) is 1. The molecule has 5 rings (SSSR count). The van der Waals surface area contributed by atoms with Crippen molar-refractivity contribution >= 4 is 5.91 Å². The zero-order valence-corrected chi connectivity index (χ0v) is 12.0. The fourth-order valence-electron chi connectivity index (χ4n) is 5.66. The number of rotatable bonds is 3. The van der Waals surface area contributed by atoms with E-state index in [4.69, 9.17) is 0 Å². The highest BCUT2D eigenvalue weighted by Crippen LogP contribution is 2.56. The predicted molar refractivity (Wildman–Crippen MR) is 74.6 cm³/mol. The SMILES string of the molecule is CN1CCC(NCC2C3CC4CC(C3)CC2C4)C1=O. The summed E-state index contributed by atoms with van der Waals surface area (Å²) >= 11 is 0. The second kappa shape index (κ2) is 4.47. The molecule has 3 nitrogen and oxygen atoms in total. The molecule has 0 aromatic rings. The Labute approximate surface area is 116 Å². The molecule has 0 aromatic heterocycles. The molecule has 1 amide bonds. The van der Waals surface area contributed by atoms with E-state index in [2.05, 4.69) is 5.32 Å². The van der Waals surface area contributed by atoms with Gasteiger partial charge in [0.2, 0.25) is 5.91 Å². The molecule has 1 atom stereocenters. The highest BCUT2D eigenvalue weighted by molar-refractivity contribution is 5.83. The van der Waals surface area contributed by atoms with Gasteiger partial charge in [0.05, 0.1) is 6.04 Å². The molecule has 5 fully saturated rings. The Morgan fingerprint density at radius 2 is 1.74 bits per heavy atom. The van der Waals surface area contributed by atoms with Gasteiger partial charge in [-0.1, -0.05) is 0 Å². The first kappa shape index (κ1) is 12.2. The van der Waals surface area contributed by atoms with Gasteiger partial charge in [0.1, 0.15) is 0 Å². The van der Waals surface area contributed by atoms with Crippen molar-refractivity contribution in [1.82, 2.24) is 10.2 Å². The molecule has 4 bridgehead atoms. The van der Waals surface area contributed by atoms with Crippen LogP contribution in [0.3, 0.4) is 0 Å². The maximum absolute atomic E-state index is 11.9. The molecular weight excluding hydrogens is 236 g/mol. The van der Waals surface area contributed by atoms with Crippen LogP contribution in [0, 0.1) is 29.6 Å². The highest BCUT2D eigenvalue weighted by atomic mass is 16.2. The lowest BCUT2D eigenvalue weighted by Crippen LogP contribution is -2.50. The molecule has 1 unspecified atom stereocenters. The number of carbonyl (C=O) groups excluding carboxylic acids is 1. The van der Waals surface area contributed by atoms with E-state index in [0.717, 1.165) is 49.1 Å². The van der Waals surface area contributed by atoms with Gasteiger partial charge in [0.25, 0.3) is 0 Å². The second-order valence-electron chi connectivity index (χ2n) is 7.60. The van der Waals surface area contributed by atoms with Crippen LogP contribution in [-0.4, -0.2) is 37.0 Å². The third kappa shape index (κ3) is 2.01. The molecule has 1 N–H and O–H groups in total. The Morgan fingerprint density at radius 1 is 1.11 bits per heavy atom. The van der Waals surface area contributed by atoms with Crippen LogP contribution < -0.4 is 5.32 Å². The van der Waals surface area contributed by atoms with Crippen molar-refractivity contribution in [2.24, 2.45) is 29.6 Å². The number of hydrogen-bond donors (Lipinski definition) is 1. The lowest BCUT2D eigenvalue weighted by Gasteiger charge is -2.54. The minimum Gasteiger partial charge on any atom is -0.344 e. The minimum atomic E-state index is 0.113. The topological polar surface area (TPSA) is 32.3 Å². The zero-order chi connectivity index (χ0) is 13.0. The maximum atomic E-state index is 11.9. The van der Waals surface area contributed by atoms with E-state index in [1.165, 1.54) is 32.1 Å². The number of nitrogens with one attached hydrogen (secondary N) is 1. The summed E-state index contributed by atoms with van der Waals surface area (Å²) in [6, 6.07) is 0.113. The number of likely N-dealkylation sites (N-methyl/N-ethyl adjacent to an activating group) is 1. The van der Waals surface area contributed by atoms with Crippen molar-refractivity contribution in [2.45, 2.75) is 44.6 Å². The summed E-state index contributed by atoms with van der Waals surface area (Å²) in [6.07, 6.45) is 8.47. The number of hydrogen-bond acceptors (Lipinski definition) is 2.